The lowest BCUT2D eigenvalue weighted by molar-refractivity contribution is -0.118. The van der Waals surface area contributed by atoms with Gasteiger partial charge in [-0.25, -0.2) is 4.68 Å². The molecule has 0 unspecified atom stereocenters. The van der Waals surface area contributed by atoms with E-state index in [1.54, 1.807) is 28.9 Å². The van der Waals surface area contributed by atoms with E-state index in [9.17, 15) is 4.79 Å². The van der Waals surface area contributed by atoms with Gasteiger partial charge in [0.1, 0.15) is 11.6 Å². The number of amides is 1. The summed E-state index contributed by atoms with van der Waals surface area (Å²) in [4.78, 5) is 12.2. The van der Waals surface area contributed by atoms with Crippen LogP contribution in [0.5, 0.6) is 5.75 Å². The summed E-state index contributed by atoms with van der Waals surface area (Å²) in [6, 6.07) is 18.7. The molecule has 5 nitrogen and oxygen atoms in total. The van der Waals surface area contributed by atoms with Crippen molar-refractivity contribution in [2.45, 2.75) is 13.5 Å². The second-order valence-electron chi connectivity index (χ2n) is 5.60. The fourth-order valence-corrected chi connectivity index (χ4v) is 2.51. The molecule has 3 aromatic rings. The molecule has 1 amide bonds. The van der Waals surface area contributed by atoms with E-state index in [0.29, 0.717) is 23.1 Å². The lowest BCUT2D eigenvalue weighted by Gasteiger charge is -2.10. The number of carbonyl (C=O) groups excluding carboxylic acids is 1. The van der Waals surface area contributed by atoms with Gasteiger partial charge >= 0.3 is 0 Å². The average molecular weight is 356 g/mol. The minimum absolute atomic E-state index is 0.0861. The van der Waals surface area contributed by atoms with Gasteiger partial charge in [-0.2, -0.15) is 5.10 Å². The Hall–Kier alpha value is -2.79. The number of nitrogens with one attached hydrogen (secondary N) is 1. The minimum Gasteiger partial charge on any atom is -0.484 e. The number of hydrogen-bond donors (Lipinski definition) is 1. The van der Waals surface area contributed by atoms with E-state index in [1.165, 1.54) is 0 Å². The van der Waals surface area contributed by atoms with E-state index in [4.69, 9.17) is 16.3 Å². The lowest BCUT2D eigenvalue weighted by atomic mass is 10.2. The van der Waals surface area contributed by atoms with Crippen LogP contribution in [0.4, 0.5) is 5.82 Å². The molecule has 1 heterocycles. The van der Waals surface area contributed by atoms with Crippen LogP contribution in [-0.2, 0) is 11.3 Å². The monoisotopic (exact) mass is 355 g/mol. The number of benzene rings is 2. The first kappa shape index (κ1) is 17.0. The normalized spacial score (nSPS) is 10.5. The minimum atomic E-state index is -0.246. The van der Waals surface area contributed by atoms with Crippen LogP contribution >= 0.6 is 11.6 Å². The smallest absolute Gasteiger partial charge is 0.263 e. The fourth-order valence-electron chi connectivity index (χ4n) is 2.38. The average Bonchev–Trinajstić information content (AvgIpc) is 2.94. The molecular weight excluding hydrogens is 338 g/mol. The fraction of sp³-hybridized carbons (Fsp3) is 0.158. The van der Waals surface area contributed by atoms with Crippen LogP contribution in [0.15, 0.2) is 60.7 Å². The Balaban J connectivity index is 1.62. The molecule has 0 radical (unpaired) electrons. The van der Waals surface area contributed by atoms with Crippen LogP contribution in [0.25, 0.3) is 0 Å². The molecule has 0 aliphatic heterocycles. The highest BCUT2D eigenvalue weighted by atomic mass is 35.5. The molecule has 0 bridgehead atoms. The predicted molar refractivity (Wildman–Crippen MR) is 98.1 cm³/mol. The van der Waals surface area contributed by atoms with Crippen molar-refractivity contribution in [3.63, 3.8) is 0 Å². The van der Waals surface area contributed by atoms with Gasteiger partial charge in [0, 0.05) is 11.1 Å². The molecule has 0 atom stereocenters. The summed E-state index contributed by atoms with van der Waals surface area (Å²) in [7, 11) is 0. The molecule has 1 aromatic heterocycles. The van der Waals surface area contributed by atoms with Gasteiger partial charge in [-0.3, -0.25) is 4.79 Å². The molecule has 3 rings (SSSR count). The zero-order valence-electron chi connectivity index (χ0n) is 13.8. The van der Waals surface area contributed by atoms with E-state index in [2.05, 4.69) is 10.4 Å². The molecule has 0 fully saturated rings. The van der Waals surface area contributed by atoms with Gasteiger partial charge in [0.25, 0.3) is 5.91 Å². The van der Waals surface area contributed by atoms with Gasteiger partial charge < -0.3 is 10.1 Å². The zero-order chi connectivity index (χ0) is 17.6. The first-order chi connectivity index (χ1) is 12.1. The molecule has 0 aliphatic rings. The number of anilines is 1. The highest BCUT2D eigenvalue weighted by Crippen LogP contribution is 2.16. The van der Waals surface area contributed by atoms with Crippen molar-refractivity contribution in [3.05, 3.63) is 76.9 Å². The van der Waals surface area contributed by atoms with Crippen molar-refractivity contribution in [3.8, 4) is 5.75 Å². The van der Waals surface area contributed by atoms with Crippen molar-refractivity contribution in [2.75, 3.05) is 11.9 Å². The van der Waals surface area contributed by atoms with Crippen LogP contribution in [-0.4, -0.2) is 22.3 Å². The third-order valence-corrected chi connectivity index (χ3v) is 3.78. The Morgan fingerprint density at radius 1 is 1.16 bits per heavy atom. The topological polar surface area (TPSA) is 56.1 Å². The third-order valence-electron chi connectivity index (χ3n) is 3.53. The van der Waals surface area contributed by atoms with Gasteiger partial charge in [0.15, 0.2) is 6.61 Å². The van der Waals surface area contributed by atoms with E-state index >= 15 is 0 Å². The predicted octanol–water partition coefficient (Wildman–Crippen LogP) is 3.91. The number of hydrogen-bond acceptors (Lipinski definition) is 3. The molecule has 1 N–H and O–H groups in total. The molecule has 0 aliphatic carbocycles. The lowest BCUT2D eigenvalue weighted by Crippen LogP contribution is -2.22. The summed E-state index contributed by atoms with van der Waals surface area (Å²) >= 11 is 5.82. The van der Waals surface area contributed by atoms with Crippen LogP contribution in [0.2, 0.25) is 5.02 Å². The van der Waals surface area contributed by atoms with Crippen LogP contribution in [0, 0.1) is 6.92 Å². The summed E-state index contributed by atoms with van der Waals surface area (Å²) in [5, 5.41) is 7.90. The Kier molecular flexibility index (Phi) is 5.36. The van der Waals surface area contributed by atoms with Gasteiger partial charge in [-0.1, -0.05) is 41.9 Å². The molecule has 0 spiro atoms. The number of aryl methyl sites for hydroxylation is 1. The van der Waals surface area contributed by atoms with Crippen LogP contribution in [0.3, 0.4) is 0 Å². The molecule has 0 saturated carbocycles. The molecule has 2 aromatic carbocycles. The van der Waals surface area contributed by atoms with Gasteiger partial charge in [0.2, 0.25) is 0 Å². The highest BCUT2D eigenvalue weighted by Gasteiger charge is 2.10. The van der Waals surface area contributed by atoms with Gasteiger partial charge in [-0.05, 0) is 36.8 Å². The maximum absolute atomic E-state index is 12.2. The van der Waals surface area contributed by atoms with Crippen molar-refractivity contribution in [1.29, 1.82) is 0 Å². The number of ether oxygens (including phenoxy) is 1. The molecular formula is C19H18ClN3O2. The zero-order valence-corrected chi connectivity index (χ0v) is 14.5. The molecule has 128 valence electrons. The molecule has 25 heavy (non-hydrogen) atoms. The van der Waals surface area contributed by atoms with Gasteiger partial charge in [-0.15, -0.1) is 0 Å². The number of carbonyl (C=O) groups is 1. The Bertz CT molecular complexity index is 845. The van der Waals surface area contributed by atoms with Crippen molar-refractivity contribution in [1.82, 2.24) is 9.78 Å². The van der Waals surface area contributed by atoms with Crippen LogP contribution in [0.1, 0.15) is 11.3 Å². The standard InChI is InChI=1S/C19H18ClN3O2/c1-14-11-18(23(22-14)12-15-5-3-2-4-6-15)21-19(24)13-25-17-9-7-16(20)8-10-17/h2-11H,12-13H2,1H3,(H,21,24). The highest BCUT2D eigenvalue weighted by molar-refractivity contribution is 6.30. The van der Waals surface area contributed by atoms with E-state index in [1.807, 2.05) is 43.3 Å². The van der Waals surface area contributed by atoms with Gasteiger partial charge in [0.05, 0.1) is 12.2 Å². The maximum Gasteiger partial charge on any atom is 0.263 e. The number of halogens is 1. The Morgan fingerprint density at radius 2 is 1.88 bits per heavy atom. The summed E-state index contributed by atoms with van der Waals surface area (Å²) in [6.45, 7) is 2.39. The third kappa shape index (κ3) is 4.84. The second-order valence-corrected chi connectivity index (χ2v) is 6.04. The summed E-state index contributed by atoms with van der Waals surface area (Å²) in [5.41, 5.74) is 1.95. The summed E-state index contributed by atoms with van der Waals surface area (Å²) < 4.78 is 7.23. The van der Waals surface area contributed by atoms with E-state index in [-0.39, 0.29) is 12.5 Å². The first-order valence-electron chi connectivity index (χ1n) is 7.87. The van der Waals surface area contributed by atoms with Crippen molar-refractivity contribution < 1.29 is 9.53 Å². The van der Waals surface area contributed by atoms with Crippen molar-refractivity contribution in [2.24, 2.45) is 0 Å². The van der Waals surface area contributed by atoms with E-state index in [0.717, 1.165) is 11.3 Å². The second kappa shape index (κ2) is 7.85. The van der Waals surface area contributed by atoms with Crippen LogP contribution < -0.4 is 10.1 Å². The van der Waals surface area contributed by atoms with E-state index < -0.39 is 0 Å². The quantitative estimate of drug-likeness (QED) is 0.729. The number of aromatic nitrogens is 2. The summed E-state index contributed by atoms with van der Waals surface area (Å²) in [5.74, 6) is 0.990. The number of nitrogens with zero attached hydrogens (tertiary/aromatic N) is 2. The Labute approximate surface area is 151 Å². The van der Waals surface area contributed by atoms with Crippen molar-refractivity contribution >= 4 is 23.3 Å². The Morgan fingerprint density at radius 3 is 2.60 bits per heavy atom. The SMILES string of the molecule is Cc1cc(NC(=O)COc2ccc(Cl)cc2)n(Cc2ccccc2)n1. The molecule has 0 saturated heterocycles. The largest absolute Gasteiger partial charge is 0.484 e. The maximum atomic E-state index is 12.2. The number of rotatable bonds is 6. The molecule has 6 heteroatoms. The first-order valence-corrected chi connectivity index (χ1v) is 8.24. The summed E-state index contributed by atoms with van der Waals surface area (Å²) in [6.07, 6.45) is 0.